The zero-order valence-corrected chi connectivity index (χ0v) is 9.87. The smallest absolute Gasteiger partial charge is 0.186 e. The molecule has 1 heterocycles. The summed E-state index contributed by atoms with van der Waals surface area (Å²) in [6, 6.07) is 10.1. The topological polar surface area (TPSA) is 16.1 Å². The molecule has 80 valence electrons. The van der Waals surface area contributed by atoms with Crippen LogP contribution in [0.1, 0.15) is 0 Å². The molecular weight excluding hydrogens is 216 g/mol. The van der Waals surface area contributed by atoms with Gasteiger partial charge in [0, 0.05) is 18.0 Å². The van der Waals surface area contributed by atoms with Crippen LogP contribution in [0.25, 0.3) is 11.3 Å². The van der Waals surface area contributed by atoms with Gasteiger partial charge >= 0.3 is 0 Å². The van der Waals surface area contributed by atoms with Crippen LogP contribution in [-0.2, 0) is 0 Å². The molecule has 2 aromatic rings. The molecule has 0 radical (unpaired) electrons. The predicted octanol–water partition coefficient (Wildman–Crippen LogP) is 2.88. The molecule has 0 atom stereocenters. The van der Waals surface area contributed by atoms with Crippen LogP contribution in [0, 0.1) is 12.3 Å². The van der Waals surface area contributed by atoms with Crippen molar-refractivity contribution in [1.82, 2.24) is 4.98 Å². The quantitative estimate of drug-likeness (QED) is 0.751. The first-order valence-corrected chi connectivity index (χ1v) is 5.85. The second kappa shape index (κ2) is 4.82. The summed E-state index contributed by atoms with van der Waals surface area (Å²) in [5.74, 6) is 2.61. The number of rotatable bonds is 3. The lowest BCUT2D eigenvalue weighted by Crippen LogP contribution is -2.16. The van der Waals surface area contributed by atoms with E-state index in [2.05, 4.69) is 28.4 Å². The minimum atomic E-state index is 0.585. The van der Waals surface area contributed by atoms with Crippen LogP contribution >= 0.6 is 11.3 Å². The first kappa shape index (κ1) is 10.7. The zero-order chi connectivity index (χ0) is 11.4. The van der Waals surface area contributed by atoms with E-state index >= 15 is 0 Å². The van der Waals surface area contributed by atoms with Gasteiger partial charge in [-0.1, -0.05) is 36.3 Å². The fourth-order valence-electron chi connectivity index (χ4n) is 1.39. The van der Waals surface area contributed by atoms with Gasteiger partial charge in [0.05, 0.1) is 12.2 Å². The highest BCUT2D eigenvalue weighted by molar-refractivity contribution is 7.14. The predicted molar refractivity (Wildman–Crippen MR) is 69.7 cm³/mol. The molecule has 0 fully saturated rings. The van der Waals surface area contributed by atoms with Gasteiger partial charge in [0.1, 0.15) is 0 Å². The van der Waals surface area contributed by atoms with E-state index in [9.17, 15) is 0 Å². The van der Waals surface area contributed by atoms with Gasteiger partial charge in [-0.3, -0.25) is 0 Å². The third kappa shape index (κ3) is 2.23. The molecule has 0 amide bonds. The molecule has 0 unspecified atom stereocenters. The van der Waals surface area contributed by atoms with Crippen molar-refractivity contribution in [2.24, 2.45) is 0 Å². The number of terminal acetylenes is 1. The molecule has 0 spiro atoms. The van der Waals surface area contributed by atoms with E-state index < -0.39 is 0 Å². The maximum atomic E-state index is 5.27. The lowest BCUT2D eigenvalue weighted by atomic mass is 10.2. The molecule has 0 aliphatic heterocycles. The molecular formula is C13H12N2S. The molecule has 0 aliphatic carbocycles. The van der Waals surface area contributed by atoms with Crippen LogP contribution in [0.2, 0.25) is 0 Å². The average molecular weight is 228 g/mol. The molecule has 3 heteroatoms. The molecule has 0 N–H and O–H groups in total. The molecule has 2 nitrogen and oxygen atoms in total. The van der Waals surface area contributed by atoms with Crippen LogP contribution in [0.4, 0.5) is 5.13 Å². The SMILES string of the molecule is C#CCN(C)c1nc(-c2ccccc2)cs1. The Kier molecular flexibility index (Phi) is 3.23. The molecule has 1 aromatic heterocycles. The van der Waals surface area contributed by atoms with Crippen molar-refractivity contribution in [3.8, 4) is 23.6 Å². The van der Waals surface area contributed by atoms with E-state index in [1.54, 1.807) is 11.3 Å². The summed E-state index contributed by atoms with van der Waals surface area (Å²) >= 11 is 1.61. The Balaban J connectivity index is 2.24. The number of thiazole rings is 1. The molecule has 0 aliphatic rings. The molecule has 16 heavy (non-hydrogen) atoms. The Hall–Kier alpha value is -1.79. The van der Waals surface area contributed by atoms with Crippen LogP contribution in [0.15, 0.2) is 35.7 Å². The van der Waals surface area contributed by atoms with E-state index in [0.29, 0.717) is 6.54 Å². The number of nitrogens with zero attached hydrogens (tertiary/aromatic N) is 2. The summed E-state index contributed by atoms with van der Waals surface area (Å²) in [5.41, 5.74) is 2.14. The van der Waals surface area contributed by atoms with Gasteiger partial charge in [-0.15, -0.1) is 17.8 Å². The normalized spacial score (nSPS) is 9.75. The molecule has 2 rings (SSSR count). The summed E-state index contributed by atoms with van der Waals surface area (Å²) in [4.78, 5) is 6.52. The number of benzene rings is 1. The second-order valence-corrected chi connectivity index (χ2v) is 4.28. The number of hydrogen-bond acceptors (Lipinski definition) is 3. The van der Waals surface area contributed by atoms with Crippen molar-refractivity contribution in [2.75, 3.05) is 18.5 Å². The van der Waals surface area contributed by atoms with Crippen molar-refractivity contribution >= 4 is 16.5 Å². The first-order chi connectivity index (χ1) is 7.81. The summed E-state index contributed by atoms with van der Waals surface area (Å²) in [5, 5.41) is 3.01. The maximum Gasteiger partial charge on any atom is 0.186 e. The molecule has 0 saturated heterocycles. The van der Waals surface area contributed by atoms with Crippen LogP contribution in [0.5, 0.6) is 0 Å². The number of aromatic nitrogens is 1. The van der Waals surface area contributed by atoms with Crippen molar-refractivity contribution in [2.45, 2.75) is 0 Å². The van der Waals surface area contributed by atoms with Gasteiger partial charge in [-0.2, -0.15) is 0 Å². The van der Waals surface area contributed by atoms with Gasteiger partial charge in [-0.05, 0) is 0 Å². The van der Waals surface area contributed by atoms with Crippen molar-refractivity contribution in [3.63, 3.8) is 0 Å². The maximum absolute atomic E-state index is 5.27. The molecule has 1 aromatic carbocycles. The summed E-state index contributed by atoms with van der Waals surface area (Å²) in [6.45, 7) is 0.585. The minimum Gasteiger partial charge on any atom is -0.340 e. The highest BCUT2D eigenvalue weighted by Crippen LogP contribution is 2.26. The van der Waals surface area contributed by atoms with Crippen molar-refractivity contribution in [1.29, 1.82) is 0 Å². The van der Waals surface area contributed by atoms with Gasteiger partial charge in [0.25, 0.3) is 0 Å². The third-order valence-electron chi connectivity index (χ3n) is 2.22. The second-order valence-electron chi connectivity index (χ2n) is 3.44. The lowest BCUT2D eigenvalue weighted by Gasteiger charge is -2.10. The summed E-state index contributed by atoms with van der Waals surface area (Å²) in [7, 11) is 1.95. The van der Waals surface area contributed by atoms with Gasteiger partial charge in [0.2, 0.25) is 0 Å². The summed E-state index contributed by atoms with van der Waals surface area (Å²) < 4.78 is 0. The fraction of sp³-hybridized carbons (Fsp3) is 0.154. The van der Waals surface area contributed by atoms with E-state index in [1.165, 1.54) is 0 Å². The van der Waals surface area contributed by atoms with E-state index in [1.807, 2.05) is 30.1 Å². The molecule has 0 bridgehead atoms. The highest BCUT2D eigenvalue weighted by atomic mass is 32.1. The van der Waals surface area contributed by atoms with Gasteiger partial charge < -0.3 is 4.90 Å². The van der Waals surface area contributed by atoms with E-state index in [-0.39, 0.29) is 0 Å². The van der Waals surface area contributed by atoms with Gasteiger partial charge in [0.15, 0.2) is 5.13 Å². The largest absolute Gasteiger partial charge is 0.340 e. The minimum absolute atomic E-state index is 0.585. The highest BCUT2D eigenvalue weighted by Gasteiger charge is 2.06. The van der Waals surface area contributed by atoms with E-state index in [4.69, 9.17) is 6.42 Å². The van der Waals surface area contributed by atoms with E-state index in [0.717, 1.165) is 16.4 Å². The number of anilines is 1. The monoisotopic (exact) mass is 228 g/mol. The van der Waals surface area contributed by atoms with Crippen LogP contribution < -0.4 is 4.90 Å². The Bertz CT molecular complexity index is 496. The average Bonchev–Trinajstić information content (AvgIpc) is 2.80. The zero-order valence-electron chi connectivity index (χ0n) is 9.05. The third-order valence-corrected chi connectivity index (χ3v) is 3.17. The molecule has 0 saturated carbocycles. The number of hydrogen-bond donors (Lipinski definition) is 0. The standard InChI is InChI=1S/C13H12N2S/c1-3-9-15(2)13-14-12(10-16-13)11-7-5-4-6-8-11/h1,4-8,10H,9H2,2H3. The Morgan fingerprint density at radius 2 is 2.12 bits per heavy atom. The van der Waals surface area contributed by atoms with Crippen LogP contribution in [0.3, 0.4) is 0 Å². The van der Waals surface area contributed by atoms with Crippen LogP contribution in [-0.4, -0.2) is 18.6 Å². The Labute approximate surface area is 99.6 Å². The first-order valence-electron chi connectivity index (χ1n) is 4.97. The van der Waals surface area contributed by atoms with Crippen molar-refractivity contribution in [3.05, 3.63) is 35.7 Å². The van der Waals surface area contributed by atoms with Gasteiger partial charge in [-0.25, -0.2) is 4.98 Å². The fourth-order valence-corrected chi connectivity index (χ4v) is 2.19. The van der Waals surface area contributed by atoms with Crippen molar-refractivity contribution < 1.29 is 0 Å². The summed E-state index contributed by atoms with van der Waals surface area (Å²) in [6.07, 6.45) is 5.27. The lowest BCUT2D eigenvalue weighted by molar-refractivity contribution is 1.04. The Morgan fingerprint density at radius 1 is 1.38 bits per heavy atom. The Morgan fingerprint density at radius 3 is 2.81 bits per heavy atom.